The van der Waals surface area contributed by atoms with E-state index in [4.69, 9.17) is 4.74 Å². The molecule has 0 bridgehead atoms. The molecule has 2 aliphatic rings. The molecular formula is C25H25N3O6S2. The first-order valence-electron chi connectivity index (χ1n) is 11.1. The first-order chi connectivity index (χ1) is 17.0. The highest BCUT2D eigenvalue weighted by Crippen LogP contribution is 2.32. The zero-order valence-electron chi connectivity index (χ0n) is 19.8. The summed E-state index contributed by atoms with van der Waals surface area (Å²) < 4.78 is 5.82. The Hall–Kier alpha value is -3.12. The van der Waals surface area contributed by atoms with E-state index in [1.807, 2.05) is 45.0 Å². The molecule has 0 spiro atoms. The van der Waals surface area contributed by atoms with Crippen LogP contribution in [0, 0.1) is 0 Å². The minimum atomic E-state index is -1.30. The van der Waals surface area contributed by atoms with Gasteiger partial charge in [0.2, 0.25) is 12.3 Å². The molecule has 2 atom stereocenters. The zero-order valence-corrected chi connectivity index (χ0v) is 21.4. The first-order valence-corrected chi connectivity index (χ1v) is 12.8. The minimum absolute atomic E-state index is 0.294. The smallest absolute Gasteiger partial charge is 0.290 e. The Morgan fingerprint density at radius 3 is 2.08 bits per heavy atom. The van der Waals surface area contributed by atoms with Crippen LogP contribution in [0.1, 0.15) is 31.9 Å². The molecule has 2 unspecified atom stereocenters. The highest BCUT2D eigenvalue weighted by Gasteiger charge is 2.32. The standard InChI is InChI=1S/C25H25N3O6S2/c1-25(2,3)34-24(33)28(16-8-4-14(5-9-16)12-18-20(29)26-22(31)35-18)17-10-6-15(7-11-17)13-19-21(30)27-23(32)36-19/h4-12,19,24,33H,13H2,1-3H3,(H,26,29,31)(H,27,30,32)/b18-12-. The number of carbonyl (C=O) groups excluding carboxylic acids is 4. The number of aliphatic hydroxyl groups is 1. The maximum absolute atomic E-state index is 11.9. The summed E-state index contributed by atoms with van der Waals surface area (Å²) in [5.41, 5.74) is 2.25. The normalized spacial score (nSPS) is 20.0. The number of thioether (sulfide) groups is 2. The summed E-state index contributed by atoms with van der Waals surface area (Å²) in [4.78, 5) is 48.5. The average Bonchev–Trinajstić information content (AvgIpc) is 3.28. The van der Waals surface area contributed by atoms with E-state index in [-0.39, 0.29) is 11.1 Å². The Kier molecular flexibility index (Phi) is 7.55. The average molecular weight is 528 g/mol. The van der Waals surface area contributed by atoms with Crippen LogP contribution in [0.25, 0.3) is 6.08 Å². The number of amides is 4. The lowest BCUT2D eigenvalue weighted by Gasteiger charge is -2.34. The van der Waals surface area contributed by atoms with Crippen molar-refractivity contribution in [2.24, 2.45) is 0 Å². The molecule has 2 aromatic carbocycles. The second kappa shape index (κ2) is 10.5. The molecule has 0 radical (unpaired) electrons. The first kappa shape index (κ1) is 26.0. The van der Waals surface area contributed by atoms with Crippen LogP contribution >= 0.6 is 23.5 Å². The van der Waals surface area contributed by atoms with Crippen molar-refractivity contribution in [3.63, 3.8) is 0 Å². The third-order valence-corrected chi connectivity index (χ3v) is 6.99. The number of benzene rings is 2. The molecule has 9 nitrogen and oxygen atoms in total. The Balaban J connectivity index is 1.58. The molecule has 36 heavy (non-hydrogen) atoms. The number of nitrogens with one attached hydrogen (secondary N) is 2. The van der Waals surface area contributed by atoms with Gasteiger partial charge in [-0.25, -0.2) is 0 Å². The number of imide groups is 2. The summed E-state index contributed by atoms with van der Waals surface area (Å²) >= 11 is 1.83. The molecule has 0 aliphatic carbocycles. The van der Waals surface area contributed by atoms with Crippen LogP contribution in [-0.2, 0) is 20.7 Å². The number of hydrogen-bond acceptors (Lipinski definition) is 9. The second-order valence-corrected chi connectivity index (χ2v) is 11.3. The van der Waals surface area contributed by atoms with Gasteiger partial charge in [-0.2, -0.15) is 0 Å². The van der Waals surface area contributed by atoms with Crippen LogP contribution in [0.3, 0.4) is 0 Å². The topological polar surface area (TPSA) is 125 Å². The van der Waals surface area contributed by atoms with Crippen molar-refractivity contribution in [1.82, 2.24) is 10.6 Å². The lowest BCUT2D eigenvalue weighted by atomic mass is 10.1. The summed E-state index contributed by atoms with van der Waals surface area (Å²) in [6.07, 6.45) is 0.724. The van der Waals surface area contributed by atoms with Gasteiger partial charge in [-0.15, -0.1) is 0 Å². The molecule has 2 heterocycles. The monoisotopic (exact) mass is 527 g/mol. The fraction of sp³-hybridized carbons (Fsp3) is 0.280. The van der Waals surface area contributed by atoms with Gasteiger partial charge < -0.3 is 9.84 Å². The van der Waals surface area contributed by atoms with Gasteiger partial charge in [0.05, 0.1) is 15.8 Å². The quantitative estimate of drug-likeness (QED) is 0.360. The van der Waals surface area contributed by atoms with E-state index in [1.165, 1.54) is 0 Å². The van der Waals surface area contributed by atoms with Crippen molar-refractivity contribution >= 4 is 63.3 Å². The predicted molar refractivity (Wildman–Crippen MR) is 140 cm³/mol. The van der Waals surface area contributed by atoms with Gasteiger partial charge in [0.1, 0.15) is 0 Å². The lowest BCUT2D eigenvalue weighted by Crippen LogP contribution is -2.39. The molecule has 2 aliphatic heterocycles. The van der Waals surface area contributed by atoms with Crippen molar-refractivity contribution in [3.05, 3.63) is 64.6 Å². The molecular weight excluding hydrogens is 502 g/mol. The van der Waals surface area contributed by atoms with Crippen molar-refractivity contribution in [2.45, 2.75) is 44.5 Å². The maximum atomic E-state index is 11.9. The highest BCUT2D eigenvalue weighted by atomic mass is 32.2. The van der Waals surface area contributed by atoms with Crippen LogP contribution in [-0.4, -0.2) is 44.7 Å². The van der Waals surface area contributed by atoms with Gasteiger partial charge in [0.15, 0.2) is 0 Å². The molecule has 2 fully saturated rings. The molecule has 2 saturated heterocycles. The Labute approximate surface area is 216 Å². The molecule has 4 rings (SSSR count). The Morgan fingerprint density at radius 2 is 1.58 bits per heavy atom. The van der Waals surface area contributed by atoms with Crippen molar-refractivity contribution in [2.75, 3.05) is 4.90 Å². The number of hydrogen-bond donors (Lipinski definition) is 3. The van der Waals surface area contributed by atoms with E-state index >= 15 is 0 Å². The molecule has 188 valence electrons. The number of rotatable bonds is 7. The van der Waals surface area contributed by atoms with Gasteiger partial charge >= 0.3 is 0 Å². The Morgan fingerprint density at radius 1 is 0.972 bits per heavy atom. The van der Waals surface area contributed by atoms with Gasteiger partial charge in [0, 0.05) is 11.4 Å². The third-order valence-electron chi connectivity index (χ3n) is 5.19. The molecule has 3 N–H and O–H groups in total. The predicted octanol–water partition coefficient (Wildman–Crippen LogP) is 4.13. The maximum Gasteiger partial charge on any atom is 0.290 e. The summed E-state index contributed by atoms with van der Waals surface area (Å²) in [7, 11) is 0. The number of nitrogens with zero attached hydrogens (tertiary/aromatic N) is 1. The summed E-state index contributed by atoms with van der Waals surface area (Å²) in [6, 6.07) is 14.4. The molecule has 2 aromatic rings. The molecule has 11 heteroatoms. The van der Waals surface area contributed by atoms with Crippen LogP contribution < -0.4 is 15.5 Å². The fourth-order valence-electron chi connectivity index (χ4n) is 3.61. The largest absolute Gasteiger partial charge is 0.351 e. The van der Waals surface area contributed by atoms with Crippen LogP contribution in [0.4, 0.5) is 21.0 Å². The van der Waals surface area contributed by atoms with Crippen LogP contribution in [0.5, 0.6) is 0 Å². The van der Waals surface area contributed by atoms with Gasteiger partial charge in [-0.05, 0) is 80.4 Å². The number of anilines is 2. The highest BCUT2D eigenvalue weighted by molar-refractivity contribution is 8.18. The second-order valence-electron chi connectivity index (χ2n) is 9.12. The van der Waals surface area contributed by atoms with Crippen molar-refractivity contribution in [3.8, 4) is 0 Å². The number of aliphatic hydroxyl groups excluding tert-OH is 1. The van der Waals surface area contributed by atoms with E-state index in [2.05, 4.69) is 10.6 Å². The van der Waals surface area contributed by atoms with Crippen molar-refractivity contribution < 1.29 is 29.0 Å². The number of ether oxygens (including phenoxy) is 1. The summed E-state index contributed by atoms with van der Waals surface area (Å²) in [5.74, 6) is -0.722. The zero-order chi connectivity index (χ0) is 26.0. The van der Waals surface area contributed by atoms with Gasteiger partial charge in [0.25, 0.3) is 16.4 Å². The fourth-order valence-corrected chi connectivity index (χ4v) is 5.15. The molecule has 4 amide bonds. The Bertz CT molecular complexity index is 1220. The van der Waals surface area contributed by atoms with Gasteiger partial charge in [-0.1, -0.05) is 36.0 Å². The van der Waals surface area contributed by atoms with E-state index in [0.29, 0.717) is 22.7 Å². The van der Waals surface area contributed by atoms with E-state index in [9.17, 15) is 24.3 Å². The van der Waals surface area contributed by atoms with E-state index in [1.54, 1.807) is 35.2 Å². The SMILES string of the molecule is CC(C)(C)OC(O)N(c1ccc(/C=C2\SC(=O)NC2=O)cc1)c1ccc(CC2SC(=O)NC2=O)cc1. The molecule has 0 saturated carbocycles. The number of carbonyl (C=O) groups is 4. The van der Waals surface area contributed by atoms with Crippen LogP contribution in [0.2, 0.25) is 0 Å². The van der Waals surface area contributed by atoms with Crippen LogP contribution in [0.15, 0.2) is 53.4 Å². The summed E-state index contributed by atoms with van der Waals surface area (Å²) in [5, 5.41) is 14.3. The van der Waals surface area contributed by atoms with E-state index in [0.717, 1.165) is 34.7 Å². The van der Waals surface area contributed by atoms with Gasteiger partial charge in [-0.3, -0.25) is 34.7 Å². The third kappa shape index (κ3) is 6.35. The van der Waals surface area contributed by atoms with E-state index < -0.39 is 28.4 Å². The summed E-state index contributed by atoms with van der Waals surface area (Å²) in [6.45, 7) is 5.51. The minimum Gasteiger partial charge on any atom is -0.351 e. The van der Waals surface area contributed by atoms with Crippen molar-refractivity contribution in [1.29, 1.82) is 0 Å². The molecule has 0 aromatic heterocycles. The lowest BCUT2D eigenvalue weighted by molar-refractivity contribution is -0.160.